The van der Waals surface area contributed by atoms with Gasteiger partial charge in [-0.15, -0.1) is 0 Å². The molecule has 0 amide bonds. The molecule has 0 spiro atoms. The third kappa shape index (κ3) is 3.24. The van der Waals surface area contributed by atoms with E-state index in [9.17, 15) is 0 Å². The molecule has 0 bridgehead atoms. The van der Waals surface area contributed by atoms with Crippen LogP contribution in [0.3, 0.4) is 0 Å². The molecule has 1 aromatic rings. The molecule has 1 heterocycles. The minimum absolute atomic E-state index is 0.738. The molecule has 0 saturated carbocycles. The highest BCUT2D eigenvalue weighted by Crippen LogP contribution is 2.12. The zero-order valence-electron chi connectivity index (χ0n) is 9.42. The van der Waals surface area contributed by atoms with E-state index in [1.54, 1.807) is 0 Å². The molecule has 0 aliphatic carbocycles. The van der Waals surface area contributed by atoms with Crippen molar-refractivity contribution in [3.05, 3.63) is 29.8 Å². The molecule has 0 aromatic heterocycles. The molecule has 1 aliphatic rings. The van der Waals surface area contributed by atoms with Gasteiger partial charge in [-0.1, -0.05) is 12.1 Å². The Balaban J connectivity index is 1.73. The van der Waals surface area contributed by atoms with Gasteiger partial charge in [-0.2, -0.15) is 0 Å². The Bertz CT molecular complexity index is 303. The normalized spacial score (nSPS) is 20.5. The van der Waals surface area contributed by atoms with Gasteiger partial charge in [-0.05, 0) is 50.4 Å². The van der Waals surface area contributed by atoms with Gasteiger partial charge in [0.2, 0.25) is 0 Å². The highest BCUT2D eigenvalue weighted by Gasteiger charge is 2.12. The second-order valence-electron chi connectivity index (χ2n) is 4.38. The summed E-state index contributed by atoms with van der Waals surface area (Å²) in [6.07, 6.45) is 3.92. The van der Waals surface area contributed by atoms with E-state index >= 15 is 0 Å². The smallest absolute Gasteiger partial charge is 0.0342 e. The largest absolute Gasteiger partial charge is 0.385 e. The summed E-state index contributed by atoms with van der Waals surface area (Å²) >= 11 is 0. The zero-order valence-corrected chi connectivity index (χ0v) is 9.42. The van der Waals surface area contributed by atoms with Crippen molar-refractivity contribution in [1.29, 1.82) is 0 Å². The average molecular weight is 204 g/mol. The van der Waals surface area contributed by atoms with E-state index < -0.39 is 0 Å². The van der Waals surface area contributed by atoms with Crippen molar-refractivity contribution in [3.8, 4) is 0 Å². The van der Waals surface area contributed by atoms with Gasteiger partial charge >= 0.3 is 0 Å². The summed E-state index contributed by atoms with van der Waals surface area (Å²) in [5.74, 6) is 0. The third-order valence-corrected chi connectivity index (χ3v) is 3.00. The van der Waals surface area contributed by atoms with Gasteiger partial charge in [0, 0.05) is 18.3 Å². The Morgan fingerprint density at radius 3 is 3.13 bits per heavy atom. The summed E-state index contributed by atoms with van der Waals surface area (Å²) in [4.78, 5) is 0. The van der Waals surface area contributed by atoms with Crippen LogP contribution in [0.1, 0.15) is 24.8 Å². The van der Waals surface area contributed by atoms with E-state index in [4.69, 9.17) is 0 Å². The minimum Gasteiger partial charge on any atom is -0.385 e. The van der Waals surface area contributed by atoms with Crippen LogP contribution in [0.2, 0.25) is 0 Å². The standard InChI is InChI=1S/C13H20N2/c1-11-4-2-5-13(10-11)15-9-7-12-6-3-8-14-12/h2,4-5,10,12,14-15H,3,6-9H2,1H3. The quantitative estimate of drug-likeness (QED) is 0.787. The number of anilines is 1. The van der Waals surface area contributed by atoms with E-state index in [2.05, 4.69) is 41.8 Å². The monoisotopic (exact) mass is 204 g/mol. The summed E-state index contributed by atoms with van der Waals surface area (Å²) in [6.45, 7) is 4.40. The Hall–Kier alpha value is -1.02. The van der Waals surface area contributed by atoms with Crippen LogP contribution in [-0.2, 0) is 0 Å². The maximum absolute atomic E-state index is 3.51. The number of nitrogens with one attached hydrogen (secondary N) is 2. The predicted molar refractivity (Wildman–Crippen MR) is 65.3 cm³/mol. The van der Waals surface area contributed by atoms with Crippen LogP contribution in [0.25, 0.3) is 0 Å². The fourth-order valence-electron chi connectivity index (χ4n) is 2.15. The highest BCUT2D eigenvalue weighted by molar-refractivity contribution is 5.45. The first-order valence-electron chi connectivity index (χ1n) is 5.88. The van der Waals surface area contributed by atoms with E-state index in [1.165, 1.54) is 37.1 Å². The second kappa shape index (κ2) is 5.17. The minimum atomic E-state index is 0.738. The molecule has 1 aromatic carbocycles. The molecule has 2 nitrogen and oxygen atoms in total. The fraction of sp³-hybridized carbons (Fsp3) is 0.538. The predicted octanol–water partition coefficient (Wildman–Crippen LogP) is 2.55. The Morgan fingerprint density at radius 2 is 2.40 bits per heavy atom. The van der Waals surface area contributed by atoms with Gasteiger partial charge in [0.1, 0.15) is 0 Å². The summed E-state index contributed by atoms with van der Waals surface area (Å²) < 4.78 is 0. The lowest BCUT2D eigenvalue weighted by Gasteiger charge is -2.11. The van der Waals surface area contributed by atoms with E-state index in [0.29, 0.717) is 0 Å². The molecular weight excluding hydrogens is 184 g/mol. The topological polar surface area (TPSA) is 24.1 Å². The van der Waals surface area contributed by atoms with E-state index in [-0.39, 0.29) is 0 Å². The van der Waals surface area contributed by atoms with Crippen LogP contribution in [-0.4, -0.2) is 19.1 Å². The van der Waals surface area contributed by atoms with Gasteiger partial charge in [0.15, 0.2) is 0 Å². The van der Waals surface area contributed by atoms with Gasteiger partial charge in [0.25, 0.3) is 0 Å². The molecule has 1 fully saturated rings. The number of rotatable bonds is 4. The highest BCUT2D eigenvalue weighted by atomic mass is 14.9. The lowest BCUT2D eigenvalue weighted by Crippen LogP contribution is -2.24. The summed E-state index contributed by atoms with van der Waals surface area (Å²) in [6, 6.07) is 9.30. The fourth-order valence-corrected chi connectivity index (χ4v) is 2.15. The number of aryl methyl sites for hydroxylation is 1. The van der Waals surface area contributed by atoms with Gasteiger partial charge in [-0.3, -0.25) is 0 Å². The van der Waals surface area contributed by atoms with E-state index in [0.717, 1.165) is 12.6 Å². The summed E-state index contributed by atoms with van der Waals surface area (Å²) in [7, 11) is 0. The van der Waals surface area contributed by atoms with Crippen molar-refractivity contribution in [2.24, 2.45) is 0 Å². The maximum atomic E-state index is 3.51. The van der Waals surface area contributed by atoms with Crippen LogP contribution < -0.4 is 10.6 Å². The second-order valence-corrected chi connectivity index (χ2v) is 4.38. The summed E-state index contributed by atoms with van der Waals surface area (Å²) in [5.41, 5.74) is 2.56. The molecule has 2 rings (SSSR count). The van der Waals surface area contributed by atoms with Crippen LogP contribution in [0.4, 0.5) is 5.69 Å². The SMILES string of the molecule is Cc1cccc(NCCC2CCCN2)c1. The number of hydrogen-bond acceptors (Lipinski definition) is 2. The van der Waals surface area contributed by atoms with E-state index in [1.807, 2.05) is 0 Å². The van der Waals surface area contributed by atoms with Crippen LogP contribution in [0.15, 0.2) is 24.3 Å². The lowest BCUT2D eigenvalue weighted by atomic mass is 10.1. The van der Waals surface area contributed by atoms with Crippen molar-refractivity contribution in [2.45, 2.75) is 32.2 Å². The van der Waals surface area contributed by atoms with Crippen molar-refractivity contribution < 1.29 is 0 Å². The third-order valence-electron chi connectivity index (χ3n) is 3.00. The number of hydrogen-bond donors (Lipinski definition) is 2. The molecule has 1 atom stereocenters. The number of benzene rings is 1. The Kier molecular flexibility index (Phi) is 3.62. The molecule has 2 heteroatoms. The van der Waals surface area contributed by atoms with Crippen molar-refractivity contribution in [3.63, 3.8) is 0 Å². The molecule has 1 saturated heterocycles. The van der Waals surface area contributed by atoms with Gasteiger partial charge in [0.05, 0.1) is 0 Å². The zero-order chi connectivity index (χ0) is 10.5. The molecule has 1 unspecified atom stereocenters. The van der Waals surface area contributed by atoms with Crippen LogP contribution in [0, 0.1) is 6.92 Å². The van der Waals surface area contributed by atoms with Crippen molar-refractivity contribution in [2.75, 3.05) is 18.4 Å². The first-order valence-corrected chi connectivity index (χ1v) is 5.88. The lowest BCUT2D eigenvalue weighted by molar-refractivity contribution is 0.574. The molecule has 15 heavy (non-hydrogen) atoms. The van der Waals surface area contributed by atoms with Crippen LogP contribution in [0.5, 0.6) is 0 Å². The average Bonchev–Trinajstić information content (AvgIpc) is 2.71. The van der Waals surface area contributed by atoms with Crippen molar-refractivity contribution in [1.82, 2.24) is 5.32 Å². The van der Waals surface area contributed by atoms with Gasteiger partial charge < -0.3 is 10.6 Å². The molecule has 0 radical (unpaired) electrons. The van der Waals surface area contributed by atoms with Gasteiger partial charge in [-0.25, -0.2) is 0 Å². The first-order chi connectivity index (χ1) is 7.34. The Labute approximate surface area is 92.1 Å². The van der Waals surface area contributed by atoms with Crippen molar-refractivity contribution >= 4 is 5.69 Å². The molecule has 2 N–H and O–H groups in total. The first kappa shape index (κ1) is 10.5. The molecule has 1 aliphatic heterocycles. The van der Waals surface area contributed by atoms with Crippen LogP contribution >= 0.6 is 0 Å². The summed E-state index contributed by atoms with van der Waals surface area (Å²) in [5, 5.41) is 6.99. The maximum Gasteiger partial charge on any atom is 0.0342 e. The Morgan fingerprint density at radius 1 is 1.47 bits per heavy atom. The molecular formula is C13H20N2. The molecule has 82 valence electrons.